The maximum Gasteiger partial charge on any atom is 0.113 e. The first-order valence-electron chi connectivity index (χ1n) is 5.23. The fourth-order valence-electron chi connectivity index (χ4n) is 1.65. The van der Waals surface area contributed by atoms with Crippen molar-refractivity contribution in [3.63, 3.8) is 0 Å². The first kappa shape index (κ1) is 10.4. The molecule has 1 heterocycles. The van der Waals surface area contributed by atoms with Gasteiger partial charge in [-0.1, -0.05) is 6.92 Å². The molecule has 1 aliphatic rings. The molecule has 1 rings (SSSR count). The van der Waals surface area contributed by atoms with Gasteiger partial charge in [-0.05, 0) is 26.2 Å². The molecule has 3 heteroatoms. The Kier molecular flexibility index (Phi) is 4.73. The SMILES string of the molecule is CCN=C=NC(CC)N1CCCC1. The fraction of sp³-hybridized carbons (Fsp3) is 0.900. The van der Waals surface area contributed by atoms with E-state index in [4.69, 9.17) is 0 Å². The summed E-state index contributed by atoms with van der Waals surface area (Å²) >= 11 is 0. The minimum Gasteiger partial charge on any atom is -0.281 e. The molecule has 0 aromatic rings. The standard InChI is InChI=1S/C10H19N3/c1-3-10(12-9-11-4-2)13-7-5-6-8-13/h10H,3-8H2,1-2H3. The molecule has 74 valence electrons. The first-order valence-corrected chi connectivity index (χ1v) is 5.23. The van der Waals surface area contributed by atoms with Crippen LogP contribution in [0.3, 0.4) is 0 Å². The van der Waals surface area contributed by atoms with Gasteiger partial charge >= 0.3 is 0 Å². The van der Waals surface area contributed by atoms with Crippen molar-refractivity contribution >= 4 is 6.01 Å². The van der Waals surface area contributed by atoms with Crippen LogP contribution in [0.25, 0.3) is 0 Å². The molecule has 1 fully saturated rings. The summed E-state index contributed by atoms with van der Waals surface area (Å²) in [5, 5.41) is 0. The van der Waals surface area contributed by atoms with Crippen LogP contribution in [-0.2, 0) is 0 Å². The smallest absolute Gasteiger partial charge is 0.113 e. The molecule has 1 saturated heterocycles. The Bertz CT molecular complexity index is 188. The lowest BCUT2D eigenvalue weighted by Gasteiger charge is -2.20. The summed E-state index contributed by atoms with van der Waals surface area (Å²) in [6.45, 7) is 7.32. The lowest BCUT2D eigenvalue weighted by atomic mass is 10.3. The zero-order valence-corrected chi connectivity index (χ0v) is 8.66. The second-order valence-electron chi connectivity index (χ2n) is 3.34. The van der Waals surface area contributed by atoms with Crippen molar-refractivity contribution in [3.05, 3.63) is 0 Å². The lowest BCUT2D eigenvalue weighted by molar-refractivity contribution is 0.245. The molecule has 13 heavy (non-hydrogen) atoms. The zero-order chi connectivity index (χ0) is 9.52. The Labute approximate surface area is 80.6 Å². The predicted molar refractivity (Wildman–Crippen MR) is 55.3 cm³/mol. The summed E-state index contributed by atoms with van der Waals surface area (Å²) in [4.78, 5) is 10.7. The molecule has 0 N–H and O–H groups in total. The summed E-state index contributed by atoms with van der Waals surface area (Å²) in [6.07, 6.45) is 4.01. The van der Waals surface area contributed by atoms with Gasteiger partial charge in [-0.2, -0.15) is 0 Å². The Morgan fingerprint density at radius 2 is 2.00 bits per heavy atom. The first-order chi connectivity index (χ1) is 6.38. The highest BCUT2D eigenvalue weighted by Crippen LogP contribution is 2.14. The summed E-state index contributed by atoms with van der Waals surface area (Å²) in [5.41, 5.74) is 0. The number of rotatable bonds is 4. The minimum absolute atomic E-state index is 0.317. The summed E-state index contributed by atoms with van der Waals surface area (Å²) in [6, 6.07) is 2.77. The molecule has 3 nitrogen and oxygen atoms in total. The van der Waals surface area contributed by atoms with Crippen LogP contribution in [0.1, 0.15) is 33.1 Å². The van der Waals surface area contributed by atoms with Crippen molar-refractivity contribution in [2.45, 2.75) is 39.3 Å². The second-order valence-corrected chi connectivity index (χ2v) is 3.34. The van der Waals surface area contributed by atoms with E-state index in [1.54, 1.807) is 0 Å². The van der Waals surface area contributed by atoms with Gasteiger partial charge in [0.25, 0.3) is 0 Å². The zero-order valence-electron chi connectivity index (χ0n) is 8.66. The van der Waals surface area contributed by atoms with Crippen molar-refractivity contribution in [3.8, 4) is 0 Å². The maximum atomic E-state index is 4.32. The number of hydrogen-bond acceptors (Lipinski definition) is 3. The molecule has 0 saturated carbocycles. The Morgan fingerprint density at radius 3 is 2.54 bits per heavy atom. The van der Waals surface area contributed by atoms with Crippen LogP contribution in [-0.4, -0.2) is 36.7 Å². The van der Waals surface area contributed by atoms with Gasteiger partial charge in [-0.15, -0.1) is 0 Å². The third kappa shape index (κ3) is 3.29. The number of aliphatic imine (C=N–C) groups is 2. The summed E-state index contributed by atoms with van der Waals surface area (Å²) in [7, 11) is 0. The van der Waals surface area contributed by atoms with E-state index in [-0.39, 0.29) is 0 Å². The van der Waals surface area contributed by atoms with Crippen LogP contribution in [0, 0.1) is 0 Å². The maximum absolute atomic E-state index is 4.32. The lowest BCUT2D eigenvalue weighted by Crippen LogP contribution is -2.30. The Morgan fingerprint density at radius 1 is 1.31 bits per heavy atom. The van der Waals surface area contributed by atoms with E-state index >= 15 is 0 Å². The van der Waals surface area contributed by atoms with Crippen molar-refractivity contribution in [1.29, 1.82) is 0 Å². The fourth-order valence-corrected chi connectivity index (χ4v) is 1.65. The molecule has 1 aliphatic heterocycles. The third-order valence-electron chi connectivity index (χ3n) is 2.36. The van der Waals surface area contributed by atoms with Crippen LogP contribution < -0.4 is 0 Å². The molecular formula is C10H19N3. The topological polar surface area (TPSA) is 28.0 Å². The van der Waals surface area contributed by atoms with Crippen molar-refractivity contribution < 1.29 is 0 Å². The molecule has 0 aromatic carbocycles. The highest BCUT2D eigenvalue weighted by atomic mass is 15.2. The Hall–Kier alpha value is -0.660. The van der Waals surface area contributed by atoms with E-state index in [0.29, 0.717) is 6.17 Å². The van der Waals surface area contributed by atoms with E-state index in [1.165, 1.54) is 25.9 Å². The third-order valence-corrected chi connectivity index (χ3v) is 2.36. The van der Waals surface area contributed by atoms with Gasteiger partial charge in [0.05, 0.1) is 6.01 Å². The molecule has 0 aromatic heterocycles. The van der Waals surface area contributed by atoms with E-state index in [2.05, 4.69) is 27.8 Å². The van der Waals surface area contributed by atoms with Crippen molar-refractivity contribution in [2.75, 3.05) is 19.6 Å². The molecule has 1 atom stereocenters. The summed E-state index contributed by atoms with van der Waals surface area (Å²) < 4.78 is 0. The van der Waals surface area contributed by atoms with E-state index in [1.807, 2.05) is 6.92 Å². The molecule has 0 radical (unpaired) electrons. The monoisotopic (exact) mass is 181 g/mol. The molecule has 0 amide bonds. The van der Waals surface area contributed by atoms with Crippen LogP contribution in [0.2, 0.25) is 0 Å². The van der Waals surface area contributed by atoms with Crippen LogP contribution in [0.15, 0.2) is 9.98 Å². The van der Waals surface area contributed by atoms with Crippen molar-refractivity contribution in [2.24, 2.45) is 9.98 Å². The van der Waals surface area contributed by atoms with Gasteiger partial charge in [0.2, 0.25) is 0 Å². The second kappa shape index (κ2) is 5.90. The predicted octanol–water partition coefficient (Wildman–Crippen LogP) is 2.01. The van der Waals surface area contributed by atoms with Gasteiger partial charge in [0, 0.05) is 19.6 Å². The van der Waals surface area contributed by atoms with Crippen LogP contribution >= 0.6 is 0 Å². The van der Waals surface area contributed by atoms with Gasteiger partial charge in [0.1, 0.15) is 6.17 Å². The van der Waals surface area contributed by atoms with E-state index < -0.39 is 0 Å². The summed E-state index contributed by atoms with van der Waals surface area (Å²) in [5.74, 6) is 0. The molecule has 0 aliphatic carbocycles. The van der Waals surface area contributed by atoms with Gasteiger partial charge < -0.3 is 0 Å². The molecule has 0 bridgehead atoms. The van der Waals surface area contributed by atoms with Gasteiger partial charge in [-0.3, -0.25) is 4.90 Å². The van der Waals surface area contributed by atoms with E-state index in [0.717, 1.165) is 13.0 Å². The number of likely N-dealkylation sites (tertiary alicyclic amines) is 1. The van der Waals surface area contributed by atoms with E-state index in [9.17, 15) is 0 Å². The largest absolute Gasteiger partial charge is 0.281 e. The molecular weight excluding hydrogens is 162 g/mol. The van der Waals surface area contributed by atoms with Crippen molar-refractivity contribution in [1.82, 2.24) is 4.90 Å². The average Bonchev–Trinajstić information content (AvgIpc) is 2.65. The highest BCUT2D eigenvalue weighted by molar-refractivity contribution is 5.41. The highest BCUT2D eigenvalue weighted by Gasteiger charge is 2.18. The number of hydrogen-bond donors (Lipinski definition) is 0. The van der Waals surface area contributed by atoms with Gasteiger partial charge in [-0.25, -0.2) is 9.98 Å². The molecule has 0 spiro atoms. The quantitative estimate of drug-likeness (QED) is 0.610. The van der Waals surface area contributed by atoms with Gasteiger partial charge in [0.15, 0.2) is 0 Å². The average molecular weight is 181 g/mol. The van der Waals surface area contributed by atoms with Crippen LogP contribution in [0.5, 0.6) is 0 Å². The Balaban J connectivity index is 2.46. The minimum atomic E-state index is 0.317. The van der Waals surface area contributed by atoms with Crippen LogP contribution in [0.4, 0.5) is 0 Å². The molecule has 1 unspecified atom stereocenters. The normalized spacial score (nSPS) is 19.5. The number of nitrogens with zero attached hydrogens (tertiary/aromatic N) is 3.